The van der Waals surface area contributed by atoms with E-state index < -0.39 is 23.4 Å². The normalized spacial score (nSPS) is 12.1. The first-order valence-electron chi connectivity index (χ1n) is 8.49. The van der Waals surface area contributed by atoms with E-state index in [9.17, 15) is 14.4 Å². The van der Waals surface area contributed by atoms with Gasteiger partial charge in [-0.1, -0.05) is 48.5 Å². The second-order valence-electron chi connectivity index (χ2n) is 6.23. The second-order valence-corrected chi connectivity index (χ2v) is 6.23. The van der Waals surface area contributed by atoms with Crippen molar-refractivity contribution in [2.75, 3.05) is 11.9 Å². The van der Waals surface area contributed by atoms with Crippen LogP contribution in [0.15, 0.2) is 59.4 Å². The molecule has 4 rings (SSSR count). The summed E-state index contributed by atoms with van der Waals surface area (Å²) in [6.07, 6.45) is -0.823. The molecular formula is C20H15N3O5. The smallest absolute Gasteiger partial charge is 0.412 e. The summed E-state index contributed by atoms with van der Waals surface area (Å²) in [5, 5.41) is 11.2. The lowest BCUT2D eigenvalue weighted by Gasteiger charge is -2.14. The molecule has 1 aliphatic carbocycles. The number of ether oxygens (including phenoxy) is 1. The quantitative estimate of drug-likeness (QED) is 0.643. The van der Waals surface area contributed by atoms with Crippen LogP contribution in [0.5, 0.6) is 0 Å². The third-order valence-corrected chi connectivity index (χ3v) is 4.52. The Morgan fingerprint density at radius 3 is 2.29 bits per heavy atom. The summed E-state index contributed by atoms with van der Waals surface area (Å²) in [4.78, 5) is 40.3. The van der Waals surface area contributed by atoms with Gasteiger partial charge < -0.3 is 14.8 Å². The molecule has 0 unspecified atom stereocenters. The molecule has 28 heavy (non-hydrogen) atoms. The van der Waals surface area contributed by atoms with Gasteiger partial charge >= 0.3 is 12.1 Å². The first-order chi connectivity index (χ1) is 13.5. The maximum atomic E-state index is 12.2. The number of carbonyl (C=O) groups excluding carboxylic acids is 1. The van der Waals surface area contributed by atoms with Crippen LogP contribution in [-0.2, 0) is 4.74 Å². The fraction of sp³-hybridized carbons (Fsp3) is 0.100. The Morgan fingerprint density at radius 1 is 1.07 bits per heavy atom. The molecule has 0 atom stereocenters. The van der Waals surface area contributed by atoms with Gasteiger partial charge in [-0.15, -0.1) is 0 Å². The highest BCUT2D eigenvalue weighted by molar-refractivity contribution is 5.86. The van der Waals surface area contributed by atoms with Crippen LogP contribution in [0.1, 0.15) is 27.7 Å². The van der Waals surface area contributed by atoms with Crippen molar-refractivity contribution in [3.63, 3.8) is 0 Å². The summed E-state index contributed by atoms with van der Waals surface area (Å²) < 4.78 is 5.33. The Labute approximate surface area is 158 Å². The van der Waals surface area contributed by atoms with E-state index >= 15 is 0 Å². The largest absolute Gasteiger partial charge is 0.475 e. The topological polar surface area (TPSA) is 121 Å². The fourth-order valence-electron chi connectivity index (χ4n) is 3.36. The van der Waals surface area contributed by atoms with E-state index in [0.717, 1.165) is 28.3 Å². The summed E-state index contributed by atoms with van der Waals surface area (Å²) in [5.74, 6) is -2.28. The fourth-order valence-corrected chi connectivity index (χ4v) is 3.36. The Bertz CT molecular complexity index is 1090. The number of aromatic carboxylic acids is 1. The summed E-state index contributed by atoms with van der Waals surface area (Å²) in [7, 11) is 0. The summed E-state index contributed by atoms with van der Waals surface area (Å²) in [6.45, 7) is 0.0921. The van der Waals surface area contributed by atoms with Gasteiger partial charge in [0.25, 0.3) is 5.56 Å². The second kappa shape index (κ2) is 6.99. The minimum Gasteiger partial charge on any atom is -0.475 e. The van der Waals surface area contributed by atoms with Crippen LogP contribution >= 0.6 is 0 Å². The molecule has 0 bridgehead atoms. The number of fused-ring (bicyclic) bond motifs is 3. The lowest BCUT2D eigenvalue weighted by atomic mass is 9.98. The van der Waals surface area contributed by atoms with Crippen molar-refractivity contribution in [3.05, 3.63) is 81.9 Å². The van der Waals surface area contributed by atoms with E-state index in [1.54, 1.807) is 0 Å². The molecule has 1 amide bonds. The molecule has 1 aromatic heterocycles. The van der Waals surface area contributed by atoms with Crippen LogP contribution in [-0.4, -0.2) is 33.7 Å². The number of nitrogens with one attached hydrogen (secondary N) is 2. The average molecular weight is 377 g/mol. The third-order valence-electron chi connectivity index (χ3n) is 4.52. The predicted molar refractivity (Wildman–Crippen MR) is 101 cm³/mol. The summed E-state index contributed by atoms with van der Waals surface area (Å²) in [6, 6.07) is 16.8. The summed E-state index contributed by atoms with van der Waals surface area (Å²) in [5.41, 5.74) is 3.66. The van der Waals surface area contributed by atoms with Crippen LogP contribution in [0.25, 0.3) is 11.1 Å². The van der Waals surface area contributed by atoms with Crippen LogP contribution < -0.4 is 10.9 Å². The van der Waals surface area contributed by atoms with Gasteiger partial charge in [-0.2, -0.15) is 0 Å². The number of H-pyrrole nitrogens is 1. The number of nitrogens with zero attached hydrogens (tertiary/aromatic N) is 1. The van der Waals surface area contributed by atoms with E-state index in [1.807, 2.05) is 48.5 Å². The van der Waals surface area contributed by atoms with Gasteiger partial charge in [0, 0.05) is 12.0 Å². The number of benzene rings is 2. The molecule has 8 heteroatoms. The van der Waals surface area contributed by atoms with Crippen LogP contribution in [0, 0.1) is 0 Å². The molecular weight excluding hydrogens is 362 g/mol. The minimum absolute atomic E-state index is 0.0921. The molecule has 0 saturated carbocycles. The highest BCUT2D eigenvalue weighted by Crippen LogP contribution is 2.44. The first kappa shape index (κ1) is 17.5. The molecule has 3 aromatic rings. The van der Waals surface area contributed by atoms with E-state index in [2.05, 4.69) is 15.3 Å². The highest BCUT2D eigenvalue weighted by atomic mass is 16.5. The minimum atomic E-state index is -1.41. The monoisotopic (exact) mass is 377 g/mol. The molecule has 2 aromatic carbocycles. The van der Waals surface area contributed by atoms with Crippen molar-refractivity contribution in [1.29, 1.82) is 0 Å². The van der Waals surface area contributed by atoms with Gasteiger partial charge in [-0.25, -0.2) is 14.6 Å². The zero-order valence-corrected chi connectivity index (χ0v) is 14.5. The number of carboxylic acids is 1. The molecule has 0 fully saturated rings. The van der Waals surface area contributed by atoms with Crippen LogP contribution in [0.2, 0.25) is 0 Å². The van der Waals surface area contributed by atoms with Crippen molar-refractivity contribution in [2.45, 2.75) is 5.92 Å². The number of anilines is 1. The highest BCUT2D eigenvalue weighted by Gasteiger charge is 2.29. The molecule has 0 radical (unpaired) electrons. The van der Waals surface area contributed by atoms with Gasteiger partial charge in [0.1, 0.15) is 12.4 Å². The van der Waals surface area contributed by atoms with Crippen molar-refractivity contribution in [1.82, 2.24) is 9.97 Å². The van der Waals surface area contributed by atoms with Gasteiger partial charge in [-0.3, -0.25) is 10.1 Å². The predicted octanol–water partition coefficient (Wildman–Crippen LogP) is 2.83. The first-order valence-corrected chi connectivity index (χ1v) is 8.49. The number of carbonyl (C=O) groups is 2. The van der Waals surface area contributed by atoms with E-state index in [0.29, 0.717) is 0 Å². The molecule has 3 N–H and O–H groups in total. The zero-order chi connectivity index (χ0) is 19.7. The van der Waals surface area contributed by atoms with Crippen LogP contribution in [0.4, 0.5) is 10.6 Å². The van der Waals surface area contributed by atoms with Crippen LogP contribution in [0.3, 0.4) is 0 Å². The van der Waals surface area contributed by atoms with Crippen molar-refractivity contribution in [2.24, 2.45) is 0 Å². The lowest BCUT2D eigenvalue weighted by molar-refractivity contribution is 0.0683. The SMILES string of the molecule is O=C(Nc1cc(=O)[nH]c(C(=O)O)n1)OCC1c2ccccc2-c2ccccc21. The maximum absolute atomic E-state index is 12.2. The van der Waals surface area contributed by atoms with Gasteiger partial charge in [-0.05, 0) is 22.3 Å². The van der Waals surface area contributed by atoms with E-state index in [-0.39, 0.29) is 18.3 Å². The number of aromatic nitrogens is 2. The molecule has 0 spiro atoms. The number of aromatic amines is 1. The Balaban J connectivity index is 1.50. The molecule has 1 heterocycles. The molecule has 1 aliphatic rings. The average Bonchev–Trinajstić information content (AvgIpc) is 3.00. The molecule has 0 aliphatic heterocycles. The van der Waals surface area contributed by atoms with Gasteiger partial charge in [0.05, 0.1) is 0 Å². The summed E-state index contributed by atoms with van der Waals surface area (Å²) >= 11 is 0. The van der Waals surface area contributed by atoms with E-state index in [1.165, 1.54) is 0 Å². The standard InChI is InChI=1S/C20H15N3O5/c24-17-9-16(21-18(23-17)19(25)26)22-20(27)28-10-15-13-7-3-1-5-11(13)12-6-2-4-8-14(12)15/h1-9,15H,10H2,(H,25,26)(H2,21,22,23,24,27). The molecule has 8 nitrogen and oxygen atoms in total. The van der Waals surface area contributed by atoms with E-state index in [4.69, 9.17) is 9.84 Å². The number of rotatable bonds is 4. The number of hydrogen-bond acceptors (Lipinski definition) is 5. The maximum Gasteiger partial charge on any atom is 0.412 e. The third kappa shape index (κ3) is 3.23. The van der Waals surface area contributed by atoms with Gasteiger partial charge in [0.2, 0.25) is 5.82 Å². The Morgan fingerprint density at radius 2 is 1.68 bits per heavy atom. The van der Waals surface area contributed by atoms with Gasteiger partial charge in [0.15, 0.2) is 0 Å². The molecule has 0 saturated heterocycles. The lowest BCUT2D eigenvalue weighted by Crippen LogP contribution is -2.22. The molecule has 140 valence electrons. The number of hydrogen-bond donors (Lipinski definition) is 3. The Hall–Kier alpha value is -3.94. The number of amides is 1. The Kier molecular flexibility index (Phi) is 4.36. The van der Waals surface area contributed by atoms with Crippen molar-refractivity contribution < 1.29 is 19.4 Å². The van der Waals surface area contributed by atoms with Crippen molar-refractivity contribution >= 4 is 17.9 Å². The zero-order valence-electron chi connectivity index (χ0n) is 14.5. The number of carboxylic acid groups (broad SMARTS) is 1. The van der Waals surface area contributed by atoms with Crippen molar-refractivity contribution in [3.8, 4) is 11.1 Å².